The maximum atomic E-state index is 10.5. The number of nitrogens with one attached hydrogen (secondary N) is 1. The van der Waals surface area contributed by atoms with E-state index in [4.69, 9.17) is 10.5 Å². The molecule has 1 aliphatic heterocycles. The SMILES string of the molecule is C/C(C=O)=C\N.C/C=C\C.CC.CC.COc1cccc(NC2CCN(CC=O)CC2)c1CO. The Balaban J connectivity index is -0.000000571. The van der Waals surface area contributed by atoms with E-state index in [0.717, 1.165) is 43.5 Å². The Morgan fingerprint density at radius 3 is 2.06 bits per heavy atom. The molecule has 1 aromatic rings. The molecule has 0 spiro atoms. The van der Waals surface area contributed by atoms with Gasteiger partial charge in [0.25, 0.3) is 0 Å². The van der Waals surface area contributed by atoms with Gasteiger partial charge in [0.1, 0.15) is 18.3 Å². The summed E-state index contributed by atoms with van der Waals surface area (Å²) in [7, 11) is 1.61. The van der Waals surface area contributed by atoms with Crippen molar-refractivity contribution in [1.29, 1.82) is 0 Å². The van der Waals surface area contributed by atoms with Crippen molar-refractivity contribution in [2.24, 2.45) is 5.73 Å². The van der Waals surface area contributed by atoms with Gasteiger partial charge in [-0.25, -0.2) is 0 Å². The molecular weight excluding hydrogens is 430 g/mol. The summed E-state index contributed by atoms with van der Waals surface area (Å²) in [6.45, 7) is 16.0. The van der Waals surface area contributed by atoms with Crippen LogP contribution in [0.4, 0.5) is 5.69 Å². The quantitative estimate of drug-likeness (QED) is 0.289. The molecular formula is C27H49N3O4. The van der Waals surface area contributed by atoms with E-state index < -0.39 is 0 Å². The first-order chi connectivity index (χ1) is 16.5. The van der Waals surface area contributed by atoms with Crippen LogP contribution in [0.5, 0.6) is 5.75 Å². The van der Waals surface area contributed by atoms with Gasteiger partial charge < -0.3 is 25.7 Å². The van der Waals surface area contributed by atoms with E-state index in [-0.39, 0.29) is 6.61 Å². The Hall–Kier alpha value is -2.64. The maximum Gasteiger partial charge on any atom is 0.147 e. The minimum Gasteiger partial charge on any atom is -0.496 e. The number of aliphatic hydroxyl groups excluding tert-OH is 1. The summed E-state index contributed by atoms with van der Waals surface area (Å²) >= 11 is 0. The number of aldehydes is 2. The lowest BCUT2D eigenvalue weighted by Gasteiger charge is -2.32. The molecule has 0 unspecified atom stereocenters. The molecule has 0 saturated carbocycles. The molecule has 7 heteroatoms. The van der Waals surface area contributed by atoms with E-state index in [0.29, 0.717) is 30.2 Å². The maximum absolute atomic E-state index is 10.5. The molecule has 196 valence electrons. The predicted octanol–water partition coefficient (Wildman–Crippen LogP) is 4.95. The summed E-state index contributed by atoms with van der Waals surface area (Å²) in [4.78, 5) is 22.2. The first-order valence-corrected chi connectivity index (χ1v) is 12.1. The highest BCUT2D eigenvalue weighted by Crippen LogP contribution is 2.28. The van der Waals surface area contributed by atoms with E-state index in [1.807, 2.05) is 71.9 Å². The van der Waals surface area contributed by atoms with Gasteiger partial charge in [0.15, 0.2) is 0 Å². The first kappa shape index (κ1) is 35.9. The van der Waals surface area contributed by atoms with Gasteiger partial charge in [-0.05, 0) is 45.7 Å². The van der Waals surface area contributed by atoms with Crippen molar-refractivity contribution in [3.8, 4) is 5.75 Å². The number of hydrogen-bond acceptors (Lipinski definition) is 7. The third-order valence-corrected chi connectivity index (χ3v) is 4.57. The lowest BCUT2D eigenvalue weighted by Crippen LogP contribution is -2.40. The third-order valence-electron chi connectivity index (χ3n) is 4.57. The van der Waals surface area contributed by atoms with Crippen molar-refractivity contribution in [1.82, 2.24) is 4.90 Å². The van der Waals surface area contributed by atoms with Crippen LogP contribution in [0.25, 0.3) is 0 Å². The van der Waals surface area contributed by atoms with Crippen molar-refractivity contribution in [3.63, 3.8) is 0 Å². The molecule has 0 bridgehead atoms. The van der Waals surface area contributed by atoms with E-state index in [1.54, 1.807) is 14.0 Å². The summed E-state index contributed by atoms with van der Waals surface area (Å²) in [6.07, 6.45) is 8.93. The standard InChI is InChI=1S/C15H22N2O3.C4H7NO.C4H8.2C2H6/c1-20-15-4-2-3-14(13(15)11-19)16-12-5-7-17(8-6-12)9-10-18;1-4(2-5)3-6;1-3-4-2;2*1-2/h2-4,10,12,16,19H,5-9,11H2,1H3;2-3H,5H2,1H3;3-4H,1-2H3;2*1-2H3/b;4-2+;4-3-;;. The van der Waals surface area contributed by atoms with Crippen LogP contribution in [-0.2, 0) is 16.2 Å². The minimum absolute atomic E-state index is 0.0453. The van der Waals surface area contributed by atoms with Gasteiger partial charge in [0, 0.05) is 42.2 Å². The molecule has 2 rings (SSSR count). The van der Waals surface area contributed by atoms with Crippen LogP contribution in [0.2, 0.25) is 0 Å². The Kier molecular flexibility index (Phi) is 28.1. The number of carbonyl (C=O) groups is 2. The van der Waals surface area contributed by atoms with E-state index in [2.05, 4.69) is 10.2 Å². The Bertz CT molecular complexity index is 664. The van der Waals surface area contributed by atoms with Gasteiger partial charge in [-0.15, -0.1) is 0 Å². The zero-order valence-electron chi connectivity index (χ0n) is 22.6. The van der Waals surface area contributed by atoms with Crippen molar-refractivity contribution in [2.45, 2.75) is 74.0 Å². The van der Waals surface area contributed by atoms with Crippen molar-refractivity contribution in [3.05, 3.63) is 47.7 Å². The van der Waals surface area contributed by atoms with Crippen LogP contribution < -0.4 is 15.8 Å². The number of aliphatic hydroxyl groups is 1. The fourth-order valence-corrected chi connectivity index (χ4v) is 2.68. The number of ether oxygens (including phenoxy) is 1. The number of methoxy groups -OCH3 is 1. The van der Waals surface area contributed by atoms with E-state index in [1.165, 1.54) is 6.20 Å². The van der Waals surface area contributed by atoms with Crippen LogP contribution in [0.1, 0.15) is 66.9 Å². The second-order valence-corrected chi connectivity index (χ2v) is 6.73. The molecule has 0 aromatic heterocycles. The number of rotatable bonds is 7. The van der Waals surface area contributed by atoms with Gasteiger partial charge in [0.05, 0.1) is 20.3 Å². The monoisotopic (exact) mass is 479 g/mol. The molecule has 1 aliphatic rings. The molecule has 1 aromatic carbocycles. The molecule has 34 heavy (non-hydrogen) atoms. The highest BCUT2D eigenvalue weighted by Gasteiger charge is 2.20. The van der Waals surface area contributed by atoms with Gasteiger partial charge in [-0.3, -0.25) is 9.69 Å². The zero-order valence-corrected chi connectivity index (χ0v) is 22.6. The largest absolute Gasteiger partial charge is 0.496 e. The van der Waals surface area contributed by atoms with Crippen LogP contribution in [-0.4, -0.2) is 55.4 Å². The van der Waals surface area contributed by atoms with E-state index >= 15 is 0 Å². The highest BCUT2D eigenvalue weighted by molar-refractivity contribution is 5.71. The molecule has 0 amide bonds. The number of benzene rings is 1. The molecule has 1 saturated heterocycles. The predicted molar refractivity (Wildman–Crippen MR) is 145 cm³/mol. The lowest BCUT2D eigenvalue weighted by atomic mass is 10.0. The fraction of sp³-hybridized carbons (Fsp3) is 0.556. The Morgan fingerprint density at radius 1 is 1.15 bits per heavy atom. The fourth-order valence-electron chi connectivity index (χ4n) is 2.68. The summed E-state index contributed by atoms with van der Waals surface area (Å²) in [5.74, 6) is 0.705. The normalized spacial score (nSPS) is 13.4. The smallest absolute Gasteiger partial charge is 0.147 e. The average molecular weight is 480 g/mol. The third kappa shape index (κ3) is 16.9. The van der Waals surface area contributed by atoms with Crippen LogP contribution in [0.3, 0.4) is 0 Å². The summed E-state index contributed by atoms with van der Waals surface area (Å²) in [5, 5.41) is 13.0. The number of likely N-dealkylation sites (tertiary alicyclic amines) is 1. The van der Waals surface area contributed by atoms with Crippen molar-refractivity contribution >= 4 is 18.3 Å². The highest BCUT2D eigenvalue weighted by atomic mass is 16.5. The minimum atomic E-state index is -0.0453. The van der Waals surface area contributed by atoms with Crippen LogP contribution in [0.15, 0.2) is 42.1 Å². The first-order valence-electron chi connectivity index (χ1n) is 12.1. The number of carbonyl (C=O) groups excluding carboxylic acids is 2. The number of piperidine rings is 1. The topological polar surface area (TPSA) is 105 Å². The van der Waals surface area contributed by atoms with Gasteiger partial charge in [-0.2, -0.15) is 0 Å². The average Bonchev–Trinajstić information content (AvgIpc) is 2.92. The number of hydrogen-bond donors (Lipinski definition) is 3. The summed E-state index contributed by atoms with van der Waals surface area (Å²) < 4.78 is 5.27. The number of nitrogens with zero attached hydrogens (tertiary/aromatic N) is 1. The second kappa shape index (κ2) is 26.6. The molecule has 4 N–H and O–H groups in total. The summed E-state index contributed by atoms with van der Waals surface area (Å²) in [6, 6.07) is 6.10. The van der Waals surface area contributed by atoms with Crippen LogP contribution in [0, 0.1) is 0 Å². The summed E-state index contributed by atoms with van der Waals surface area (Å²) in [5.41, 5.74) is 7.18. The second-order valence-electron chi connectivity index (χ2n) is 6.73. The molecule has 1 fully saturated rings. The van der Waals surface area contributed by atoms with Crippen molar-refractivity contribution in [2.75, 3.05) is 32.1 Å². The number of nitrogens with two attached hydrogens (primary N) is 1. The van der Waals surface area contributed by atoms with Crippen LogP contribution >= 0.6 is 0 Å². The van der Waals surface area contributed by atoms with Gasteiger partial charge in [0.2, 0.25) is 0 Å². The lowest BCUT2D eigenvalue weighted by molar-refractivity contribution is -0.109. The van der Waals surface area contributed by atoms with E-state index in [9.17, 15) is 14.7 Å². The molecule has 1 heterocycles. The van der Waals surface area contributed by atoms with Crippen molar-refractivity contribution < 1.29 is 19.4 Å². The van der Waals surface area contributed by atoms with Gasteiger partial charge >= 0.3 is 0 Å². The molecule has 0 atom stereocenters. The Labute approximate surface area is 208 Å². The number of anilines is 1. The zero-order chi connectivity index (χ0) is 26.8. The van der Waals surface area contributed by atoms with Gasteiger partial charge in [-0.1, -0.05) is 45.9 Å². The Morgan fingerprint density at radius 2 is 1.71 bits per heavy atom. The molecule has 0 aliphatic carbocycles. The number of allylic oxidation sites excluding steroid dienone is 3. The molecule has 7 nitrogen and oxygen atoms in total. The molecule has 0 radical (unpaired) electrons.